The summed E-state index contributed by atoms with van der Waals surface area (Å²) in [5, 5.41) is 0.760. The molecule has 0 saturated heterocycles. The minimum Gasteiger partial charge on any atom is -0.493 e. The molecule has 126 valence electrons. The number of halogens is 3. The number of nitrogens with one attached hydrogen (secondary N) is 2. The molecule has 2 aromatic rings. The fraction of sp³-hybridized carbons (Fsp3) is 0.125. The number of benzene rings is 2. The van der Waals surface area contributed by atoms with Gasteiger partial charge in [-0.3, -0.25) is 20.4 Å². The van der Waals surface area contributed by atoms with Crippen molar-refractivity contribution in [3.05, 3.63) is 63.9 Å². The van der Waals surface area contributed by atoms with Crippen LogP contribution in [0.2, 0.25) is 10.0 Å². The van der Waals surface area contributed by atoms with Gasteiger partial charge in [-0.2, -0.15) is 0 Å². The van der Waals surface area contributed by atoms with Crippen LogP contribution in [0, 0.1) is 5.82 Å². The molecule has 0 unspecified atom stereocenters. The largest absolute Gasteiger partial charge is 0.493 e. The molecule has 0 fully saturated rings. The van der Waals surface area contributed by atoms with E-state index in [-0.39, 0.29) is 18.6 Å². The van der Waals surface area contributed by atoms with Crippen molar-refractivity contribution in [2.24, 2.45) is 0 Å². The van der Waals surface area contributed by atoms with Gasteiger partial charge in [0.15, 0.2) is 0 Å². The van der Waals surface area contributed by atoms with Gasteiger partial charge in [-0.1, -0.05) is 23.2 Å². The number of rotatable bonds is 5. The van der Waals surface area contributed by atoms with Crippen LogP contribution in [-0.2, 0) is 4.79 Å². The molecule has 0 radical (unpaired) electrons. The second kappa shape index (κ2) is 8.52. The minimum absolute atomic E-state index is 0.0178. The van der Waals surface area contributed by atoms with Crippen molar-refractivity contribution < 1.29 is 18.7 Å². The molecule has 2 N–H and O–H groups in total. The summed E-state index contributed by atoms with van der Waals surface area (Å²) in [4.78, 5) is 23.3. The van der Waals surface area contributed by atoms with Crippen molar-refractivity contribution in [2.45, 2.75) is 6.42 Å². The predicted molar refractivity (Wildman–Crippen MR) is 88.6 cm³/mol. The zero-order valence-electron chi connectivity index (χ0n) is 12.3. The van der Waals surface area contributed by atoms with Gasteiger partial charge in [-0.05, 0) is 36.4 Å². The van der Waals surface area contributed by atoms with Crippen molar-refractivity contribution in [1.82, 2.24) is 10.9 Å². The Hall–Kier alpha value is -2.31. The molecule has 0 aliphatic heterocycles. The van der Waals surface area contributed by atoms with Gasteiger partial charge >= 0.3 is 0 Å². The van der Waals surface area contributed by atoms with Crippen molar-refractivity contribution >= 4 is 35.0 Å². The van der Waals surface area contributed by atoms with Crippen LogP contribution >= 0.6 is 23.2 Å². The first kappa shape index (κ1) is 18.0. The van der Waals surface area contributed by atoms with Crippen molar-refractivity contribution in [3.8, 4) is 5.75 Å². The second-order valence-electron chi connectivity index (χ2n) is 4.68. The summed E-state index contributed by atoms with van der Waals surface area (Å²) in [6, 6.07) is 9.68. The third kappa shape index (κ3) is 5.40. The summed E-state index contributed by atoms with van der Waals surface area (Å²) in [6.45, 7) is 0.0935. The number of carbonyl (C=O) groups excluding carboxylic acids is 2. The van der Waals surface area contributed by atoms with E-state index in [0.29, 0.717) is 15.8 Å². The third-order valence-corrected chi connectivity index (χ3v) is 3.65. The average Bonchev–Trinajstić information content (AvgIpc) is 2.56. The van der Waals surface area contributed by atoms with E-state index >= 15 is 0 Å². The molecular weight excluding hydrogens is 358 g/mol. The number of hydrogen-bond acceptors (Lipinski definition) is 3. The number of hydrazine groups is 1. The molecule has 8 heteroatoms. The lowest BCUT2D eigenvalue weighted by Crippen LogP contribution is -2.42. The van der Waals surface area contributed by atoms with E-state index in [4.69, 9.17) is 27.9 Å². The highest BCUT2D eigenvalue weighted by atomic mass is 35.5. The molecule has 2 amide bonds. The van der Waals surface area contributed by atoms with Crippen LogP contribution in [0.5, 0.6) is 5.75 Å². The molecule has 0 aliphatic carbocycles. The van der Waals surface area contributed by atoms with Crippen LogP contribution < -0.4 is 15.6 Å². The lowest BCUT2D eigenvalue weighted by atomic mass is 10.2. The van der Waals surface area contributed by atoms with Crippen molar-refractivity contribution in [3.63, 3.8) is 0 Å². The summed E-state index contributed by atoms with van der Waals surface area (Å²) >= 11 is 11.6. The fourth-order valence-corrected chi connectivity index (χ4v) is 1.98. The number of amides is 2. The van der Waals surface area contributed by atoms with E-state index in [2.05, 4.69) is 10.9 Å². The molecule has 0 saturated carbocycles. The van der Waals surface area contributed by atoms with Crippen molar-refractivity contribution in [1.29, 1.82) is 0 Å². The first-order valence-corrected chi connectivity index (χ1v) is 7.64. The van der Waals surface area contributed by atoms with Gasteiger partial charge in [-0.25, -0.2) is 4.39 Å². The highest BCUT2D eigenvalue weighted by molar-refractivity contribution is 6.42. The molecule has 24 heavy (non-hydrogen) atoms. The molecule has 0 bridgehead atoms. The molecule has 0 aliphatic rings. The summed E-state index contributed by atoms with van der Waals surface area (Å²) in [6.07, 6.45) is 0.0178. The first-order chi connectivity index (χ1) is 11.5. The van der Waals surface area contributed by atoms with E-state index in [9.17, 15) is 14.0 Å². The second-order valence-corrected chi connectivity index (χ2v) is 5.50. The van der Waals surface area contributed by atoms with Gasteiger partial charge in [0.05, 0.1) is 23.1 Å². The lowest BCUT2D eigenvalue weighted by molar-refractivity contribution is -0.122. The van der Waals surface area contributed by atoms with E-state index in [1.54, 1.807) is 12.1 Å². The van der Waals surface area contributed by atoms with E-state index in [1.807, 2.05) is 0 Å². The highest BCUT2D eigenvalue weighted by Crippen LogP contribution is 2.26. The Bertz CT molecular complexity index is 739. The molecule has 2 rings (SSSR count). The quantitative estimate of drug-likeness (QED) is 0.792. The maximum absolute atomic E-state index is 12.8. The number of hydrogen-bond donors (Lipinski definition) is 2. The van der Waals surface area contributed by atoms with Gasteiger partial charge in [0.2, 0.25) is 5.91 Å². The smallest absolute Gasteiger partial charge is 0.269 e. The SMILES string of the molecule is O=C(CCOc1ccc(Cl)c(Cl)c1)NNC(=O)c1ccc(F)cc1. The number of ether oxygens (including phenoxy) is 1. The zero-order chi connectivity index (χ0) is 17.5. The van der Waals surface area contributed by atoms with Crippen LogP contribution in [0.25, 0.3) is 0 Å². The van der Waals surface area contributed by atoms with Gasteiger partial charge in [0.25, 0.3) is 5.91 Å². The Kier molecular flexibility index (Phi) is 6.40. The standard InChI is InChI=1S/C16H13Cl2FN2O3/c17-13-6-5-12(9-14(13)18)24-8-7-15(22)20-21-16(23)10-1-3-11(19)4-2-10/h1-6,9H,7-8H2,(H,20,22)(H,21,23). The Labute approximate surface area is 147 Å². The topological polar surface area (TPSA) is 67.4 Å². The molecule has 5 nitrogen and oxygen atoms in total. The third-order valence-electron chi connectivity index (χ3n) is 2.91. The molecule has 0 aromatic heterocycles. The Morgan fingerprint density at radius 3 is 2.38 bits per heavy atom. The Morgan fingerprint density at radius 1 is 1.00 bits per heavy atom. The molecule has 0 heterocycles. The van der Waals surface area contributed by atoms with Crippen LogP contribution in [0.3, 0.4) is 0 Å². The Balaban J connectivity index is 1.72. The molecular formula is C16H13Cl2FN2O3. The highest BCUT2D eigenvalue weighted by Gasteiger charge is 2.08. The molecule has 2 aromatic carbocycles. The molecule has 0 atom stereocenters. The fourth-order valence-electron chi connectivity index (χ4n) is 1.69. The summed E-state index contributed by atoms with van der Waals surface area (Å²) in [5.74, 6) is -0.957. The summed E-state index contributed by atoms with van der Waals surface area (Å²) in [5.41, 5.74) is 4.70. The zero-order valence-corrected chi connectivity index (χ0v) is 13.8. The van der Waals surface area contributed by atoms with E-state index in [0.717, 1.165) is 12.1 Å². The maximum Gasteiger partial charge on any atom is 0.269 e. The molecule has 0 spiro atoms. The van der Waals surface area contributed by atoms with Crippen LogP contribution in [-0.4, -0.2) is 18.4 Å². The normalized spacial score (nSPS) is 10.1. The minimum atomic E-state index is -0.547. The van der Waals surface area contributed by atoms with Gasteiger partial charge in [0, 0.05) is 11.6 Å². The number of carbonyl (C=O) groups is 2. The average molecular weight is 371 g/mol. The Morgan fingerprint density at radius 2 is 1.71 bits per heavy atom. The van der Waals surface area contributed by atoms with Crippen molar-refractivity contribution in [2.75, 3.05) is 6.61 Å². The predicted octanol–water partition coefficient (Wildman–Crippen LogP) is 3.36. The summed E-state index contributed by atoms with van der Waals surface area (Å²) < 4.78 is 18.1. The first-order valence-electron chi connectivity index (χ1n) is 6.88. The van der Waals surface area contributed by atoms with Gasteiger partial charge in [-0.15, -0.1) is 0 Å². The van der Waals surface area contributed by atoms with Gasteiger partial charge in [0.1, 0.15) is 11.6 Å². The maximum atomic E-state index is 12.8. The van der Waals surface area contributed by atoms with Crippen LogP contribution in [0.4, 0.5) is 4.39 Å². The summed E-state index contributed by atoms with van der Waals surface area (Å²) in [7, 11) is 0. The monoisotopic (exact) mass is 370 g/mol. The van der Waals surface area contributed by atoms with Gasteiger partial charge < -0.3 is 4.74 Å². The lowest BCUT2D eigenvalue weighted by Gasteiger charge is -2.09. The van der Waals surface area contributed by atoms with Crippen LogP contribution in [0.15, 0.2) is 42.5 Å². The van der Waals surface area contributed by atoms with E-state index < -0.39 is 17.6 Å². The van der Waals surface area contributed by atoms with E-state index in [1.165, 1.54) is 18.2 Å². The van der Waals surface area contributed by atoms with Crippen LogP contribution in [0.1, 0.15) is 16.8 Å².